The Balaban J connectivity index is 2.37. The molecular formula is C11H19N5O2. The number of hydrogen-bond donors (Lipinski definition) is 3. The largest absolute Gasteiger partial charge is 0.355 e. The first-order valence-corrected chi connectivity index (χ1v) is 5.88. The minimum atomic E-state index is -0.426. The van der Waals surface area contributed by atoms with Crippen molar-refractivity contribution in [3.05, 3.63) is 12.4 Å². The number of carbonyl (C=O) groups is 2. The molecule has 3 amide bonds. The van der Waals surface area contributed by atoms with E-state index < -0.39 is 6.03 Å². The van der Waals surface area contributed by atoms with Crippen LogP contribution in [0.25, 0.3) is 0 Å². The maximum absolute atomic E-state index is 11.5. The lowest BCUT2D eigenvalue weighted by Gasteiger charge is -2.06. The van der Waals surface area contributed by atoms with Crippen LogP contribution >= 0.6 is 0 Å². The molecule has 0 saturated heterocycles. The van der Waals surface area contributed by atoms with E-state index >= 15 is 0 Å². The van der Waals surface area contributed by atoms with Crippen LogP contribution in [-0.4, -0.2) is 34.8 Å². The molecule has 0 bridgehead atoms. The van der Waals surface area contributed by atoms with E-state index in [1.165, 1.54) is 0 Å². The fourth-order valence-electron chi connectivity index (χ4n) is 1.28. The lowest BCUT2D eigenvalue weighted by molar-refractivity contribution is -0.119. The average molecular weight is 253 g/mol. The Morgan fingerprint density at radius 1 is 1.39 bits per heavy atom. The predicted molar refractivity (Wildman–Crippen MR) is 68.3 cm³/mol. The van der Waals surface area contributed by atoms with Gasteiger partial charge < -0.3 is 16.0 Å². The number of anilines is 1. The standard InChI is InChI=1S/C11H19N5O2/c1-4-12-10(17)6-13-11(18)15-9-5-14-16(7-9)8(2)3/h5,7-8H,4,6H2,1-3H3,(H,12,17)(H2,13,15,18). The summed E-state index contributed by atoms with van der Waals surface area (Å²) in [6.07, 6.45) is 3.29. The van der Waals surface area contributed by atoms with Crippen molar-refractivity contribution in [1.82, 2.24) is 20.4 Å². The van der Waals surface area contributed by atoms with Crippen molar-refractivity contribution in [2.24, 2.45) is 0 Å². The van der Waals surface area contributed by atoms with Gasteiger partial charge >= 0.3 is 6.03 Å². The number of aromatic nitrogens is 2. The van der Waals surface area contributed by atoms with E-state index in [9.17, 15) is 9.59 Å². The third-order valence-corrected chi connectivity index (χ3v) is 2.17. The molecule has 0 aromatic carbocycles. The van der Waals surface area contributed by atoms with Crippen molar-refractivity contribution in [3.63, 3.8) is 0 Å². The Hall–Kier alpha value is -2.05. The van der Waals surface area contributed by atoms with Gasteiger partial charge in [-0.1, -0.05) is 0 Å². The van der Waals surface area contributed by atoms with Crippen LogP contribution < -0.4 is 16.0 Å². The van der Waals surface area contributed by atoms with Gasteiger partial charge in [0.25, 0.3) is 0 Å². The lowest BCUT2D eigenvalue weighted by Crippen LogP contribution is -2.38. The first-order chi connectivity index (χ1) is 8.52. The molecule has 0 unspecified atom stereocenters. The molecule has 0 saturated carbocycles. The molecule has 1 rings (SSSR count). The molecule has 1 heterocycles. The number of rotatable bonds is 5. The van der Waals surface area contributed by atoms with Crippen LogP contribution in [0.5, 0.6) is 0 Å². The minimum Gasteiger partial charge on any atom is -0.355 e. The summed E-state index contributed by atoms with van der Waals surface area (Å²) in [7, 11) is 0. The van der Waals surface area contributed by atoms with Gasteiger partial charge in [-0.05, 0) is 20.8 Å². The smallest absolute Gasteiger partial charge is 0.319 e. The fourth-order valence-corrected chi connectivity index (χ4v) is 1.28. The van der Waals surface area contributed by atoms with Crippen LogP contribution in [-0.2, 0) is 4.79 Å². The Kier molecular flexibility index (Phi) is 5.16. The normalized spacial score (nSPS) is 10.2. The second-order valence-corrected chi connectivity index (χ2v) is 4.06. The van der Waals surface area contributed by atoms with Gasteiger partial charge in [0, 0.05) is 18.8 Å². The zero-order valence-electron chi connectivity index (χ0n) is 10.9. The molecule has 18 heavy (non-hydrogen) atoms. The van der Waals surface area contributed by atoms with Crippen LogP contribution in [0, 0.1) is 0 Å². The highest BCUT2D eigenvalue weighted by molar-refractivity contribution is 5.91. The molecule has 0 aliphatic carbocycles. The number of nitrogens with zero attached hydrogens (tertiary/aromatic N) is 2. The summed E-state index contributed by atoms with van der Waals surface area (Å²) in [4.78, 5) is 22.6. The van der Waals surface area contributed by atoms with Crippen molar-refractivity contribution < 1.29 is 9.59 Å². The van der Waals surface area contributed by atoms with Gasteiger partial charge in [-0.15, -0.1) is 0 Å². The maximum atomic E-state index is 11.5. The van der Waals surface area contributed by atoms with Gasteiger partial charge in [0.2, 0.25) is 5.91 Å². The molecule has 0 aliphatic heterocycles. The quantitative estimate of drug-likeness (QED) is 0.722. The van der Waals surface area contributed by atoms with E-state index in [-0.39, 0.29) is 18.5 Å². The van der Waals surface area contributed by atoms with Crippen molar-refractivity contribution in [2.75, 3.05) is 18.4 Å². The van der Waals surface area contributed by atoms with E-state index in [0.717, 1.165) is 0 Å². The summed E-state index contributed by atoms with van der Waals surface area (Å²) in [6, 6.07) is -0.191. The topological polar surface area (TPSA) is 88.1 Å². The summed E-state index contributed by atoms with van der Waals surface area (Å²) >= 11 is 0. The van der Waals surface area contributed by atoms with E-state index in [0.29, 0.717) is 12.2 Å². The summed E-state index contributed by atoms with van der Waals surface area (Å²) in [5.41, 5.74) is 0.595. The van der Waals surface area contributed by atoms with E-state index in [2.05, 4.69) is 21.0 Å². The molecule has 0 radical (unpaired) electrons. The summed E-state index contributed by atoms with van der Waals surface area (Å²) in [5, 5.41) is 11.7. The number of hydrogen-bond acceptors (Lipinski definition) is 3. The van der Waals surface area contributed by atoms with Crippen LogP contribution in [0.15, 0.2) is 12.4 Å². The van der Waals surface area contributed by atoms with Gasteiger partial charge in [-0.25, -0.2) is 4.79 Å². The Bertz CT molecular complexity index is 413. The summed E-state index contributed by atoms with van der Waals surface area (Å²) < 4.78 is 1.74. The van der Waals surface area contributed by atoms with Crippen LogP contribution in [0.2, 0.25) is 0 Å². The summed E-state index contributed by atoms with van der Waals surface area (Å²) in [5.74, 6) is -0.217. The SMILES string of the molecule is CCNC(=O)CNC(=O)Nc1cnn(C(C)C)c1. The van der Waals surface area contributed by atoms with E-state index in [1.54, 1.807) is 17.1 Å². The van der Waals surface area contributed by atoms with E-state index in [4.69, 9.17) is 0 Å². The van der Waals surface area contributed by atoms with Crippen LogP contribution in [0.3, 0.4) is 0 Å². The second kappa shape index (κ2) is 6.63. The van der Waals surface area contributed by atoms with Crippen molar-refractivity contribution in [3.8, 4) is 0 Å². The molecule has 3 N–H and O–H groups in total. The molecular weight excluding hydrogens is 234 g/mol. The highest BCUT2D eigenvalue weighted by atomic mass is 16.2. The number of carbonyl (C=O) groups excluding carboxylic acids is 2. The summed E-state index contributed by atoms with van der Waals surface area (Å²) in [6.45, 7) is 6.30. The molecule has 7 nitrogen and oxygen atoms in total. The van der Waals surface area contributed by atoms with E-state index in [1.807, 2.05) is 20.8 Å². The monoisotopic (exact) mass is 253 g/mol. The van der Waals surface area contributed by atoms with Crippen LogP contribution in [0.1, 0.15) is 26.8 Å². The average Bonchev–Trinajstić information content (AvgIpc) is 2.75. The van der Waals surface area contributed by atoms with Crippen LogP contribution in [0.4, 0.5) is 10.5 Å². The minimum absolute atomic E-state index is 0.0437. The van der Waals surface area contributed by atoms with Gasteiger partial charge in [-0.2, -0.15) is 5.10 Å². The maximum Gasteiger partial charge on any atom is 0.319 e. The second-order valence-electron chi connectivity index (χ2n) is 4.06. The number of amides is 3. The zero-order chi connectivity index (χ0) is 13.5. The zero-order valence-corrected chi connectivity index (χ0v) is 10.9. The Morgan fingerprint density at radius 2 is 2.11 bits per heavy atom. The lowest BCUT2D eigenvalue weighted by atomic mass is 10.4. The number of urea groups is 1. The van der Waals surface area contributed by atoms with Gasteiger partial charge in [0.1, 0.15) is 0 Å². The third kappa shape index (κ3) is 4.44. The molecule has 0 atom stereocenters. The van der Waals surface area contributed by atoms with Gasteiger partial charge in [0.15, 0.2) is 0 Å². The fraction of sp³-hybridized carbons (Fsp3) is 0.545. The predicted octanol–water partition coefficient (Wildman–Crippen LogP) is 0.722. The molecule has 0 spiro atoms. The van der Waals surface area contributed by atoms with Crippen molar-refractivity contribution in [1.29, 1.82) is 0 Å². The van der Waals surface area contributed by atoms with Gasteiger partial charge in [-0.3, -0.25) is 9.48 Å². The Labute approximate surface area is 106 Å². The van der Waals surface area contributed by atoms with Gasteiger partial charge in [0.05, 0.1) is 18.4 Å². The molecule has 1 aromatic rings. The molecule has 100 valence electrons. The molecule has 0 aliphatic rings. The molecule has 7 heteroatoms. The number of likely N-dealkylation sites (N-methyl/N-ethyl adjacent to an activating group) is 1. The number of nitrogens with one attached hydrogen (secondary N) is 3. The highest BCUT2D eigenvalue weighted by Gasteiger charge is 2.07. The van der Waals surface area contributed by atoms with Crippen molar-refractivity contribution >= 4 is 17.6 Å². The first kappa shape index (κ1) is 14.0. The third-order valence-electron chi connectivity index (χ3n) is 2.17. The molecule has 1 aromatic heterocycles. The Morgan fingerprint density at radius 3 is 2.67 bits per heavy atom. The highest BCUT2D eigenvalue weighted by Crippen LogP contribution is 2.09. The molecule has 0 fully saturated rings. The van der Waals surface area contributed by atoms with Crippen molar-refractivity contribution in [2.45, 2.75) is 26.8 Å². The first-order valence-electron chi connectivity index (χ1n) is 5.88.